The average molecular weight is 313 g/mol. The van der Waals surface area contributed by atoms with E-state index in [0.29, 0.717) is 6.42 Å². The Morgan fingerprint density at radius 2 is 1.30 bits per heavy atom. The molecule has 0 aromatic rings. The standard InChI is InChI=1S/C14H27NO3S.Na.H/c1-2-3-4-5-6-7-8-9-10-11-12-13-18-19(16,17)14-15;;/h2-13H2,1H3;;/q;+1;-1. The minimum absolute atomic E-state index is 0. The molecule has 0 unspecified atom stereocenters. The van der Waals surface area contributed by atoms with E-state index in [1.165, 1.54) is 51.4 Å². The first-order valence-electron chi connectivity index (χ1n) is 7.42. The monoisotopic (exact) mass is 313 g/mol. The van der Waals surface area contributed by atoms with E-state index in [9.17, 15) is 8.42 Å². The number of hydrogen-bond acceptors (Lipinski definition) is 4. The Morgan fingerprint density at radius 1 is 0.900 bits per heavy atom. The van der Waals surface area contributed by atoms with Gasteiger partial charge in [-0.1, -0.05) is 71.1 Å². The van der Waals surface area contributed by atoms with E-state index in [1.54, 1.807) is 0 Å². The maximum absolute atomic E-state index is 10.7. The van der Waals surface area contributed by atoms with Crippen LogP contribution in [0.2, 0.25) is 0 Å². The molecule has 0 amide bonds. The van der Waals surface area contributed by atoms with E-state index in [-0.39, 0.29) is 37.6 Å². The predicted molar refractivity (Wildman–Crippen MR) is 78.1 cm³/mol. The smallest absolute Gasteiger partial charge is 1.00 e. The second kappa shape index (κ2) is 15.8. The van der Waals surface area contributed by atoms with Gasteiger partial charge in [0.1, 0.15) is 0 Å². The van der Waals surface area contributed by atoms with Crippen molar-refractivity contribution in [3.63, 3.8) is 0 Å². The SMILES string of the molecule is CCCCCCCCCCCCCOS(=O)(=O)C#N.[H-].[Na+]. The number of nitrogens with zero attached hydrogens (tertiary/aromatic N) is 1. The minimum Gasteiger partial charge on any atom is -1.00 e. The molecule has 114 valence electrons. The van der Waals surface area contributed by atoms with Gasteiger partial charge in [0.25, 0.3) is 0 Å². The Morgan fingerprint density at radius 3 is 1.70 bits per heavy atom. The van der Waals surface area contributed by atoms with Crippen LogP contribution in [0.25, 0.3) is 0 Å². The summed E-state index contributed by atoms with van der Waals surface area (Å²) < 4.78 is 25.9. The zero-order chi connectivity index (χ0) is 14.4. The molecule has 0 spiro atoms. The summed E-state index contributed by atoms with van der Waals surface area (Å²) in [5.41, 5.74) is 0. The van der Waals surface area contributed by atoms with Crippen molar-refractivity contribution >= 4 is 10.1 Å². The van der Waals surface area contributed by atoms with Gasteiger partial charge in [0.05, 0.1) is 6.61 Å². The molecule has 0 bridgehead atoms. The molecule has 0 saturated heterocycles. The van der Waals surface area contributed by atoms with Gasteiger partial charge in [-0.3, -0.25) is 4.18 Å². The molecule has 0 N–H and O–H groups in total. The number of hydrogen-bond donors (Lipinski definition) is 0. The molecule has 20 heavy (non-hydrogen) atoms. The molecule has 0 aliphatic carbocycles. The van der Waals surface area contributed by atoms with Crippen molar-refractivity contribution in [3.8, 4) is 5.40 Å². The van der Waals surface area contributed by atoms with Crippen molar-refractivity contribution in [1.82, 2.24) is 0 Å². The second-order valence-electron chi connectivity index (χ2n) is 4.90. The van der Waals surface area contributed by atoms with Gasteiger partial charge >= 0.3 is 39.7 Å². The number of nitriles is 1. The fourth-order valence-corrected chi connectivity index (χ4v) is 2.35. The first-order chi connectivity index (χ1) is 9.12. The third-order valence-corrected chi connectivity index (χ3v) is 3.80. The molecular formula is C14H28NNaO3S. The number of rotatable bonds is 13. The molecule has 0 atom stereocenters. The fourth-order valence-electron chi connectivity index (χ4n) is 1.96. The molecule has 0 aromatic heterocycles. The summed E-state index contributed by atoms with van der Waals surface area (Å²) in [6, 6.07) is 0. The zero-order valence-electron chi connectivity index (χ0n) is 14.1. The van der Waals surface area contributed by atoms with Crippen LogP contribution >= 0.6 is 0 Å². The Hall–Kier alpha value is 0.400. The first kappa shape index (κ1) is 22.7. The molecule has 0 aliphatic rings. The van der Waals surface area contributed by atoms with Crippen LogP contribution in [0.1, 0.15) is 79.0 Å². The summed E-state index contributed by atoms with van der Waals surface area (Å²) in [5.74, 6) is 0. The van der Waals surface area contributed by atoms with Gasteiger partial charge < -0.3 is 1.43 Å². The van der Waals surface area contributed by atoms with Gasteiger partial charge in [-0.15, -0.1) is 0 Å². The number of thiocyanates is 1. The van der Waals surface area contributed by atoms with Gasteiger partial charge in [-0.2, -0.15) is 13.7 Å². The largest absolute Gasteiger partial charge is 1.00 e. The van der Waals surface area contributed by atoms with Crippen LogP contribution in [-0.2, 0) is 14.3 Å². The second-order valence-corrected chi connectivity index (χ2v) is 6.23. The molecule has 0 aromatic carbocycles. The minimum atomic E-state index is -3.93. The summed E-state index contributed by atoms with van der Waals surface area (Å²) in [7, 11) is -3.93. The Bertz CT molecular complexity index is 345. The molecule has 6 heteroatoms. The van der Waals surface area contributed by atoms with Gasteiger partial charge in [0.2, 0.25) is 5.40 Å². The zero-order valence-corrected chi connectivity index (χ0v) is 15.9. The summed E-state index contributed by atoms with van der Waals surface area (Å²) in [6.07, 6.45) is 13.3. The van der Waals surface area contributed by atoms with E-state index >= 15 is 0 Å². The van der Waals surface area contributed by atoms with Crippen LogP contribution in [0.3, 0.4) is 0 Å². The molecular weight excluding hydrogens is 285 g/mol. The van der Waals surface area contributed by atoms with Crippen LogP contribution in [0.5, 0.6) is 0 Å². The summed E-state index contributed by atoms with van der Waals surface area (Å²) in [6.45, 7) is 2.36. The normalized spacial score (nSPS) is 10.8. The number of unbranched alkanes of at least 4 members (excludes halogenated alkanes) is 10. The van der Waals surface area contributed by atoms with E-state index in [4.69, 9.17) is 5.26 Å². The van der Waals surface area contributed by atoms with Gasteiger partial charge in [0.15, 0.2) is 0 Å². The Kier molecular flexibility index (Phi) is 17.9. The van der Waals surface area contributed by atoms with Gasteiger partial charge in [-0.05, 0) is 6.42 Å². The fraction of sp³-hybridized carbons (Fsp3) is 0.929. The third-order valence-electron chi connectivity index (χ3n) is 3.10. The van der Waals surface area contributed by atoms with Crippen LogP contribution in [-0.4, -0.2) is 15.0 Å². The van der Waals surface area contributed by atoms with E-state index in [2.05, 4.69) is 11.1 Å². The topological polar surface area (TPSA) is 67.2 Å². The maximum Gasteiger partial charge on any atom is 1.00 e. The summed E-state index contributed by atoms with van der Waals surface area (Å²) >= 11 is 0. The van der Waals surface area contributed by atoms with Crippen molar-refractivity contribution < 1.29 is 43.6 Å². The van der Waals surface area contributed by atoms with Crippen molar-refractivity contribution in [2.45, 2.75) is 77.6 Å². The van der Waals surface area contributed by atoms with E-state index in [0.717, 1.165) is 18.2 Å². The van der Waals surface area contributed by atoms with Crippen molar-refractivity contribution in [1.29, 1.82) is 5.26 Å². The van der Waals surface area contributed by atoms with Crippen LogP contribution in [0, 0.1) is 10.7 Å². The molecule has 4 nitrogen and oxygen atoms in total. The van der Waals surface area contributed by atoms with Crippen molar-refractivity contribution in [2.75, 3.05) is 6.61 Å². The summed E-state index contributed by atoms with van der Waals surface area (Å²) in [5, 5.41) is 9.34. The molecule has 0 fully saturated rings. The van der Waals surface area contributed by atoms with Crippen LogP contribution in [0.4, 0.5) is 0 Å². The molecule has 0 heterocycles. The van der Waals surface area contributed by atoms with Gasteiger partial charge in [-0.25, -0.2) is 0 Å². The average Bonchev–Trinajstić information content (AvgIpc) is 2.40. The third kappa shape index (κ3) is 16.5. The van der Waals surface area contributed by atoms with Crippen LogP contribution < -0.4 is 29.6 Å². The molecule has 0 radical (unpaired) electrons. The Labute approximate surface area is 148 Å². The van der Waals surface area contributed by atoms with E-state index in [1.807, 2.05) is 0 Å². The quantitative estimate of drug-likeness (QED) is 0.169. The van der Waals surface area contributed by atoms with Crippen LogP contribution in [0.15, 0.2) is 0 Å². The predicted octanol–water partition coefficient (Wildman–Crippen LogP) is 1.24. The van der Waals surface area contributed by atoms with Crippen molar-refractivity contribution in [3.05, 3.63) is 0 Å². The molecule has 0 saturated carbocycles. The van der Waals surface area contributed by atoms with Crippen molar-refractivity contribution in [2.24, 2.45) is 0 Å². The molecule has 0 aliphatic heterocycles. The summed E-state index contributed by atoms with van der Waals surface area (Å²) in [4.78, 5) is 0. The van der Waals surface area contributed by atoms with E-state index < -0.39 is 10.1 Å². The van der Waals surface area contributed by atoms with Gasteiger partial charge in [0, 0.05) is 0 Å². The first-order valence-corrected chi connectivity index (χ1v) is 8.83. The Balaban J connectivity index is -0.00000162. The molecule has 0 rings (SSSR count). The maximum atomic E-state index is 10.7.